The Hall–Kier alpha value is -2.41. The van der Waals surface area contributed by atoms with Crippen LogP contribution in [0.2, 0.25) is 0 Å². The predicted molar refractivity (Wildman–Crippen MR) is 106 cm³/mol. The molecule has 2 aliphatic carbocycles. The van der Waals surface area contributed by atoms with E-state index in [2.05, 4.69) is 25.1 Å². The van der Waals surface area contributed by atoms with Crippen molar-refractivity contribution in [2.45, 2.75) is 55.0 Å². The fourth-order valence-corrected chi connectivity index (χ4v) is 4.25. The second-order valence-electron chi connectivity index (χ2n) is 7.34. The molecule has 6 nitrogen and oxygen atoms in total. The van der Waals surface area contributed by atoms with Gasteiger partial charge < -0.3 is 9.88 Å². The van der Waals surface area contributed by atoms with E-state index in [0.717, 1.165) is 27.6 Å². The van der Waals surface area contributed by atoms with Gasteiger partial charge in [-0.2, -0.15) is 0 Å². The summed E-state index contributed by atoms with van der Waals surface area (Å²) in [6, 6.07) is 10.2. The monoisotopic (exact) mass is 379 g/mol. The van der Waals surface area contributed by atoms with Crippen LogP contribution in [0.5, 0.6) is 0 Å². The summed E-state index contributed by atoms with van der Waals surface area (Å²) < 4.78 is 2.29. The van der Waals surface area contributed by atoms with E-state index in [-0.39, 0.29) is 11.2 Å². The lowest BCUT2D eigenvalue weighted by Gasteiger charge is -2.14. The van der Waals surface area contributed by atoms with Crippen molar-refractivity contribution in [2.24, 2.45) is 0 Å². The first-order valence-corrected chi connectivity index (χ1v) is 10.3. The first kappa shape index (κ1) is 16.7. The van der Waals surface area contributed by atoms with Crippen LogP contribution in [0, 0.1) is 0 Å². The SMILES string of the molecule is CC(Sc1nnc(C2CC2)n1C1CC1)C(=O)Nc1cccc2ncccc12. The van der Waals surface area contributed by atoms with Crippen molar-refractivity contribution in [1.82, 2.24) is 19.7 Å². The maximum Gasteiger partial charge on any atom is 0.237 e. The van der Waals surface area contributed by atoms with Gasteiger partial charge in [-0.15, -0.1) is 10.2 Å². The van der Waals surface area contributed by atoms with Crippen LogP contribution in [-0.4, -0.2) is 30.9 Å². The van der Waals surface area contributed by atoms with Gasteiger partial charge in [-0.05, 0) is 56.9 Å². The highest BCUT2D eigenvalue weighted by Gasteiger charge is 2.37. The molecule has 1 atom stereocenters. The average Bonchev–Trinajstić information content (AvgIpc) is 3.61. The number of nitrogens with one attached hydrogen (secondary N) is 1. The molecule has 0 spiro atoms. The highest BCUT2D eigenvalue weighted by atomic mass is 32.2. The molecule has 27 heavy (non-hydrogen) atoms. The molecule has 2 aliphatic rings. The van der Waals surface area contributed by atoms with E-state index in [1.807, 2.05) is 37.3 Å². The number of hydrogen-bond acceptors (Lipinski definition) is 5. The lowest BCUT2D eigenvalue weighted by molar-refractivity contribution is -0.115. The third kappa shape index (κ3) is 3.32. The molecule has 5 rings (SSSR count). The summed E-state index contributed by atoms with van der Waals surface area (Å²) in [7, 11) is 0. The summed E-state index contributed by atoms with van der Waals surface area (Å²) in [4.78, 5) is 17.1. The lowest BCUT2D eigenvalue weighted by atomic mass is 10.2. The molecule has 2 heterocycles. The van der Waals surface area contributed by atoms with Gasteiger partial charge in [0.15, 0.2) is 5.16 Å². The molecule has 138 valence electrons. The predicted octanol–water partition coefficient (Wildman–Crippen LogP) is 4.16. The highest BCUT2D eigenvalue weighted by molar-refractivity contribution is 8.00. The smallest absolute Gasteiger partial charge is 0.237 e. The Balaban J connectivity index is 1.34. The molecule has 7 heteroatoms. The Morgan fingerprint density at radius 3 is 2.81 bits per heavy atom. The molecule has 2 fully saturated rings. The van der Waals surface area contributed by atoms with Crippen LogP contribution in [0.25, 0.3) is 10.9 Å². The Morgan fingerprint density at radius 2 is 2.04 bits per heavy atom. The summed E-state index contributed by atoms with van der Waals surface area (Å²) in [5, 5.41) is 13.5. The quantitative estimate of drug-likeness (QED) is 0.651. The van der Waals surface area contributed by atoms with E-state index >= 15 is 0 Å². The van der Waals surface area contributed by atoms with Gasteiger partial charge in [0.25, 0.3) is 0 Å². The van der Waals surface area contributed by atoms with E-state index in [1.165, 1.54) is 37.4 Å². The number of carbonyl (C=O) groups excluding carboxylic acids is 1. The number of fused-ring (bicyclic) bond motifs is 1. The zero-order valence-electron chi connectivity index (χ0n) is 15.1. The minimum Gasteiger partial charge on any atom is -0.324 e. The number of aromatic nitrogens is 4. The summed E-state index contributed by atoms with van der Waals surface area (Å²) in [6.07, 6.45) is 6.56. The largest absolute Gasteiger partial charge is 0.324 e. The van der Waals surface area contributed by atoms with Crippen molar-refractivity contribution in [2.75, 3.05) is 5.32 Å². The van der Waals surface area contributed by atoms with Gasteiger partial charge in [0.1, 0.15) is 5.82 Å². The Kier molecular flexibility index (Phi) is 4.11. The maximum absolute atomic E-state index is 12.8. The molecule has 0 radical (unpaired) electrons. The maximum atomic E-state index is 12.8. The zero-order chi connectivity index (χ0) is 18.4. The summed E-state index contributed by atoms with van der Waals surface area (Å²) in [5.41, 5.74) is 1.67. The third-order valence-corrected chi connectivity index (χ3v) is 6.16. The number of thioether (sulfide) groups is 1. The van der Waals surface area contributed by atoms with Crippen molar-refractivity contribution in [3.8, 4) is 0 Å². The van der Waals surface area contributed by atoms with Crippen LogP contribution in [0.15, 0.2) is 41.7 Å². The summed E-state index contributed by atoms with van der Waals surface area (Å²) in [6.45, 7) is 1.92. The molecule has 1 aromatic carbocycles. The van der Waals surface area contributed by atoms with Gasteiger partial charge in [0, 0.05) is 23.5 Å². The number of carbonyl (C=O) groups is 1. The molecular formula is C20H21N5OS. The second-order valence-corrected chi connectivity index (χ2v) is 8.65. The van der Waals surface area contributed by atoms with Gasteiger partial charge in [-0.25, -0.2) is 0 Å². The number of pyridine rings is 1. The van der Waals surface area contributed by atoms with Crippen LogP contribution in [0.1, 0.15) is 50.4 Å². The Morgan fingerprint density at radius 1 is 1.19 bits per heavy atom. The average molecular weight is 379 g/mol. The van der Waals surface area contributed by atoms with Gasteiger partial charge in [-0.3, -0.25) is 9.78 Å². The van der Waals surface area contributed by atoms with Crippen molar-refractivity contribution in [1.29, 1.82) is 0 Å². The molecule has 0 bridgehead atoms. The van der Waals surface area contributed by atoms with Gasteiger partial charge >= 0.3 is 0 Å². The molecule has 2 aromatic heterocycles. The second kappa shape index (κ2) is 6.64. The zero-order valence-corrected chi connectivity index (χ0v) is 15.9. The fourth-order valence-electron chi connectivity index (χ4n) is 3.32. The van der Waals surface area contributed by atoms with Crippen LogP contribution < -0.4 is 5.32 Å². The Bertz CT molecular complexity index is 1000. The first-order chi connectivity index (χ1) is 13.2. The molecule has 1 amide bonds. The first-order valence-electron chi connectivity index (χ1n) is 9.47. The molecule has 0 saturated heterocycles. The van der Waals surface area contributed by atoms with E-state index in [0.29, 0.717) is 12.0 Å². The molecule has 1 N–H and O–H groups in total. The van der Waals surface area contributed by atoms with E-state index < -0.39 is 0 Å². The van der Waals surface area contributed by atoms with Crippen LogP contribution in [0.3, 0.4) is 0 Å². The number of nitrogens with zero attached hydrogens (tertiary/aromatic N) is 4. The van der Waals surface area contributed by atoms with E-state index in [1.54, 1.807) is 6.20 Å². The third-order valence-electron chi connectivity index (χ3n) is 5.10. The lowest BCUT2D eigenvalue weighted by Crippen LogP contribution is -2.23. The summed E-state index contributed by atoms with van der Waals surface area (Å²) in [5.74, 6) is 1.65. The number of amides is 1. The number of rotatable bonds is 6. The number of benzene rings is 1. The molecule has 0 aliphatic heterocycles. The van der Waals surface area contributed by atoms with Gasteiger partial charge in [-0.1, -0.05) is 17.8 Å². The normalized spacial score (nSPS) is 17.8. The minimum absolute atomic E-state index is 0.0327. The van der Waals surface area contributed by atoms with Crippen molar-refractivity contribution in [3.63, 3.8) is 0 Å². The van der Waals surface area contributed by atoms with Crippen molar-refractivity contribution in [3.05, 3.63) is 42.4 Å². The molecule has 3 aromatic rings. The highest BCUT2D eigenvalue weighted by Crippen LogP contribution is 2.46. The van der Waals surface area contributed by atoms with Crippen molar-refractivity contribution < 1.29 is 4.79 Å². The Labute approximate surface area is 161 Å². The van der Waals surface area contributed by atoms with Gasteiger partial charge in [0.05, 0.1) is 16.5 Å². The molecular weight excluding hydrogens is 358 g/mol. The van der Waals surface area contributed by atoms with E-state index in [4.69, 9.17) is 0 Å². The topological polar surface area (TPSA) is 72.7 Å². The van der Waals surface area contributed by atoms with Crippen LogP contribution >= 0.6 is 11.8 Å². The molecule has 2 saturated carbocycles. The number of hydrogen-bond donors (Lipinski definition) is 1. The number of anilines is 1. The van der Waals surface area contributed by atoms with Crippen molar-refractivity contribution >= 4 is 34.3 Å². The molecule has 1 unspecified atom stereocenters. The fraction of sp³-hybridized carbons (Fsp3) is 0.400. The van der Waals surface area contributed by atoms with E-state index in [9.17, 15) is 4.79 Å². The van der Waals surface area contributed by atoms with Crippen LogP contribution in [-0.2, 0) is 4.79 Å². The summed E-state index contributed by atoms with van der Waals surface area (Å²) >= 11 is 1.50. The van der Waals surface area contributed by atoms with Gasteiger partial charge in [0.2, 0.25) is 5.91 Å². The standard InChI is InChI=1S/C20H21N5OS/c1-12(19(26)22-17-6-2-5-16-15(17)4-3-11-21-16)27-20-24-23-18(13-7-8-13)25(20)14-9-10-14/h2-6,11-14H,7-10H2,1H3,(H,22,26). The minimum atomic E-state index is -0.259. The van der Waals surface area contributed by atoms with Crippen LogP contribution in [0.4, 0.5) is 5.69 Å².